The van der Waals surface area contributed by atoms with Crippen molar-refractivity contribution in [2.45, 2.75) is 66.2 Å². The molecule has 0 radical (unpaired) electrons. The molecule has 3 heteroatoms. The van der Waals surface area contributed by atoms with Gasteiger partial charge in [-0.15, -0.1) is 0 Å². The molecular weight excluding hydrogens is 251 g/mol. The topological polar surface area (TPSA) is 17.1 Å². The maximum absolute atomic E-state index is 12.2. The second kappa shape index (κ2) is 7.74. The average Bonchev–Trinajstić information content (AvgIpc) is 2.32. The quantitative estimate of drug-likeness (QED) is 0.473. The molecule has 1 nitrogen and oxygen atoms in total. The Morgan fingerprint density at radius 3 is 1.35 bits per heavy atom. The van der Waals surface area contributed by atoms with Crippen molar-refractivity contribution in [1.82, 2.24) is 0 Å². The standard InChI is InChI=1S/C14H30ClOP/c1-5-8-11-17(15,14(4)16,12-9-6-2)13-10-7-3/h5-13H2,1-4H3. The third-order valence-electron chi connectivity index (χ3n) is 3.86. The molecule has 0 fully saturated rings. The Morgan fingerprint density at radius 1 is 0.882 bits per heavy atom. The van der Waals surface area contributed by atoms with E-state index in [-0.39, 0.29) is 0 Å². The molecule has 0 amide bonds. The maximum atomic E-state index is 12.2. The molecule has 0 aromatic rings. The van der Waals surface area contributed by atoms with Gasteiger partial charge in [-0.3, -0.25) is 0 Å². The molecule has 0 aliphatic carbocycles. The summed E-state index contributed by atoms with van der Waals surface area (Å²) in [4.78, 5) is 12.2. The summed E-state index contributed by atoms with van der Waals surface area (Å²) in [5.74, 6) is -2.58. The van der Waals surface area contributed by atoms with Crippen LogP contribution in [0.3, 0.4) is 0 Å². The zero-order chi connectivity index (χ0) is 13.4. The summed E-state index contributed by atoms with van der Waals surface area (Å²) >= 11 is 7.05. The molecule has 0 aromatic carbocycles. The van der Waals surface area contributed by atoms with E-state index in [1.807, 2.05) is 0 Å². The van der Waals surface area contributed by atoms with Gasteiger partial charge in [0.15, 0.2) is 0 Å². The van der Waals surface area contributed by atoms with Crippen LogP contribution < -0.4 is 0 Å². The van der Waals surface area contributed by atoms with Gasteiger partial charge in [-0.2, -0.15) is 0 Å². The summed E-state index contributed by atoms with van der Waals surface area (Å²) in [7, 11) is 0. The molecule has 0 unspecified atom stereocenters. The number of carbonyl (C=O) groups is 1. The molecule has 17 heavy (non-hydrogen) atoms. The van der Waals surface area contributed by atoms with Crippen LogP contribution in [-0.2, 0) is 4.79 Å². The first-order valence-electron chi connectivity index (χ1n) is 7.17. The number of hydrogen-bond acceptors (Lipinski definition) is 1. The molecule has 104 valence electrons. The van der Waals surface area contributed by atoms with Crippen LogP contribution in [0.4, 0.5) is 0 Å². The molecule has 0 aliphatic rings. The number of rotatable bonds is 10. The van der Waals surface area contributed by atoms with E-state index in [4.69, 9.17) is 11.2 Å². The molecule has 0 N–H and O–H groups in total. The van der Waals surface area contributed by atoms with Gasteiger partial charge < -0.3 is 0 Å². The van der Waals surface area contributed by atoms with Crippen LogP contribution in [0.25, 0.3) is 0 Å². The average molecular weight is 281 g/mol. The predicted octanol–water partition coefficient (Wildman–Crippen LogP) is 5.64. The third-order valence-corrected chi connectivity index (χ3v) is 11.7. The molecule has 0 rings (SSSR count). The summed E-state index contributed by atoms with van der Waals surface area (Å²) in [6.45, 7) is 8.28. The molecule has 0 saturated carbocycles. The number of unbranched alkanes of at least 4 members (excludes halogenated alkanes) is 3. The Bertz CT molecular complexity index is 216. The molecule has 0 aliphatic heterocycles. The first-order valence-corrected chi connectivity index (χ1v) is 10.9. The molecule has 0 heterocycles. The summed E-state index contributed by atoms with van der Waals surface area (Å²) in [5, 5.41) is 0. The van der Waals surface area contributed by atoms with Crippen LogP contribution in [-0.4, -0.2) is 24.0 Å². The van der Waals surface area contributed by atoms with Gasteiger partial charge in [0.2, 0.25) is 0 Å². The zero-order valence-electron chi connectivity index (χ0n) is 12.1. The number of carbonyl (C=O) groups excluding carboxylic acids is 1. The van der Waals surface area contributed by atoms with Crippen molar-refractivity contribution in [2.24, 2.45) is 0 Å². The fourth-order valence-electron chi connectivity index (χ4n) is 2.37. The van der Waals surface area contributed by atoms with E-state index in [0.29, 0.717) is 5.52 Å². The molecule has 0 bridgehead atoms. The van der Waals surface area contributed by atoms with E-state index in [1.165, 1.54) is 0 Å². The number of halogens is 1. The first-order chi connectivity index (χ1) is 7.93. The van der Waals surface area contributed by atoms with E-state index in [9.17, 15) is 4.79 Å². The summed E-state index contributed by atoms with van der Waals surface area (Å²) < 4.78 is 0. The summed E-state index contributed by atoms with van der Waals surface area (Å²) in [6, 6.07) is 0. The van der Waals surface area contributed by atoms with Gasteiger partial charge in [-0.1, -0.05) is 0 Å². The minimum atomic E-state index is -2.58. The van der Waals surface area contributed by atoms with Gasteiger partial charge in [0.05, 0.1) is 0 Å². The van der Waals surface area contributed by atoms with Crippen LogP contribution in [0.5, 0.6) is 0 Å². The predicted molar refractivity (Wildman–Crippen MR) is 82.8 cm³/mol. The van der Waals surface area contributed by atoms with Crippen molar-refractivity contribution >= 4 is 22.7 Å². The minimum absolute atomic E-state index is 0.313. The van der Waals surface area contributed by atoms with E-state index in [2.05, 4.69) is 20.8 Å². The van der Waals surface area contributed by atoms with Gasteiger partial charge in [0, 0.05) is 0 Å². The molecule has 0 atom stereocenters. The summed E-state index contributed by atoms with van der Waals surface area (Å²) in [6.07, 6.45) is 9.64. The second-order valence-corrected chi connectivity index (χ2v) is 13.1. The van der Waals surface area contributed by atoms with Crippen LogP contribution in [0.1, 0.15) is 66.2 Å². The van der Waals surface area contributed by atoms with Crippen molar-refractivity contribution < 1.29 is 4.79 Å². The van der Waals surface area contributed by atoms with E-state index >= 15 is 0 Å². The Labute approximate surface area is 112 Å². The normalized spacial score (nSPS) is 14.3. The monoisotopic (exact) mass is 280 g/mol. The number of hydrogen-bond donors (Lipinski definition) is 0. The Hall–Kier alpha value is 0.390. The summed E-state index contributed by atoms with van der Waals surface area (Å²) in [5.41, 5.74) is 0.313. The first kappa shape index (κ1) is 17.4. The van der Waals surface area contributed by atoms with Gasteiger partial charge in [0.1, 0.15) is 0 Å². The SMILES string of the molecule is CCCCP(Cl)(CCCC)(CCCC)C(C)=O. The third kappa shape index (κ3) is 4.87. The van der Waals surface area contributed by atoms with Gasteiger partial charge in [0.25, 0.3) is 0 Å². The van der Waals surface area contributed by atoms with Crippen molar-refractivity contribution in [3.63, 3.8) is 0 Å². The Kier molecular flexibility index (Phi) is 7.92. The van der Waals surface area contributed by atoms with Crippen molar-refractivity contribution in [3.8, 4) is 0 Å². The van der Waals surface area contributed by atoms with E-state index in [1.54, 1.807) is 6.92 Å². The molecule has 0 saturated heterocycles. The Morgan fingerprint density at radius 2 is 1.18 bits per heavy atom. The van der Waals surface area contributed by atoms with E-state index in [0.717, 1.165) is 57.0 Å². The van der Waals surface area contributed by atoms with Crippen molar-refractivity contribution in [1.29, 1.82) is 0 Å². The van der Waals surface area contributed by atoms with Crippen LogP contribution in [0.2, 0.25) is 0 Å². The fraction of sp³-hybridized carbons (Fsp3) is 0.929. The molecule has 0 spiro atoms. The van der Waals surface area contributed by atoms with E-state index < -0.39 is 5.96 Å². The van der Waals surface area contributed by atoms with Crippen molar-refractivity contribution in [3.05, 3.63) is 0 Å². The van der Waals surface area contributed by atoms with Gasteiger partial charge in [-0.25, -0.2) is 0 Å². The van der Waals surface area contributed by atoms with Crippen LogP contribution >= 0.6 is 17.2 Å². The fourth-order valence-corrected chi connectivity index (χ4v) is 8.18. The zero-order valence-corrected chi connectivity index (χ0v) is 13.7. The van der Waals surface area contributed by atoms with Crippen LogP contribution in [0.15, 0.2) is 0 Å². The van der Waals surface area contributed by atoms with Gasteiger partial charge in [-0.05, 0) is 0 Å². The Balaban J connectivity index is 4.98. The van der Waals surface area contributed by atoms with Gasteiger partial charge >= 0.3 is 112 Å². The molecular formula is C14H30ClOP. The van der Waals surface area contributed by atoms with Crippen LogP contribution in [0, 0.1) is 0 Å². The van der Waals surface area contributed by atoms with Crippen molar-refractivity contribution in [2.75, 3.05) is 18.5 Å². The molecule has 0 aromatic heterocycles. The second-order valence-electron chi connectivity index (χ2n) is 5.34.